The average molecular weight is 465 g/mol. The molecule has 0 bridgehead atoms. The van der Waals surface area contributed by atoms with Gasteiger partial charge in [-0.1, -0.05) is 25.4 Å². The smallest absolute Gasteiger partial charge is 0.120 e. The van der Waals surface area contributed by atoms with Crippen LogP contribution in [0.3, 0.4) is 0 Å². The highest BCUT2D eigenvalue weighted by Gasteiger charge is 2.09. The Bertz CT molecular complexity index is 888. The van der Waals surface area contributed by atoms with Crippen LogP contribution in [0.5, 0.6) is 5.75 Å². The van der Waals surface area contributed by atoms with Gasteiger partial charge >= 0.3 is 0 Å². The van der Waals surface area contributed by atoms with Crippen molar-refractivity contribution in [1.82, 2.24) is 9.88 Å². The van der Waals surface area contributed by atoms with Crippen molar-refractivity contribution in [2.24, 2.45) is 0 Å². The monoisotopic (exact) mass is 463 g/mol. The van der Waals surface area contributed by atoms with Crippen molar-refractivity contribution >= 4 is 71.1 Å². The Morgan fingerprint density at radius 2 is 1.71 bits per heavy atom. The third kappa shape index (κ3) is 6.29. The lowest BCUT2D eigenvalue weighted by Gasteiger charge is -2.19. The van der Waals surface area contributed by atoms with Gasteiger partial charge < -0.3 is 10.4 Å². The van der Waals surface area contributed by atoms with Crippen LogP contribution in [0.4, 0.5) is 11.4 Å². The number of aromatic hydroxyl groups is 1. The molecule has 4 nitrogen and oxygen atoms in total. The van der Waals surface area contributed by atoms with Gasteiger partial charge in [0.05, 0.1) is 5.52 Å². The maximum Gasteiger partial charge on any atom is 0.120 e. The molecule has 28 heavy (non-hydrogen) atoms. The average Bonchev–Trinajstić information content (AvgIpc) is 2.62. The molecule has 154 valence electrons. The number of nitrogens with zero attached hydrogens (tertiary/aromatic N) is 2. The Balaban J connectivity index is 0.00000243. The van der Waals surface area contributed by atoms with Crippen molar-refractivity contribution in [3.63, 3.8) is 0 Å². The predicted molar refractivity (Wildman–Crippen MR) is 127 cm³/mol. The van der Waals surface area contributed by atoms with E-state index in [9.17, 15) is 5.11 Å². The van der Waals surface area contributed by atoms with Gasteiger partial charge in [0.2, 0.25) is 0 Å². The Kier molecular flexibility index (Phi) is 11.6. The molecule has 2 aromatic carbocycles. The number of fused-ring (bicyclic) bond motifs is 1. The minimum absolute atomic E-state index is 0. The summed E-state index contributed by atoms with van der Waals surface area (Å²) in [6, 6.07) is 13.2. The van der Waals surface area contributed by atoms with Gasteiger partial charge in [-0.25, -0.2) is 0 Å². The lowest BCUT2D eigenvalue weighted by molar-refractivity contribution is 0.291. The van der Waals surface area contributed by atoms with Crippen LogP contribution in [0.25, 0.3) is 10.9 Å². The van der Waals surface area contributed by atoms with Gasteiger partial charge in [-0.05, 0) is 55.6 Å². The van der Waals surface area contributed by atoms with E-state index in [0.717, 1.165) is 47.5 Å². The zero-order chi connectivity index (χ0) is 17.8. The van der Waals surface area contributed by atoms with E-state index in [1.807, 2.05) is 36.4 Å². The Morgan fingerprint density at radius 1 is 1.00 bits per heavy atom. The van der Waals surface area contributed by atoms with Crippen molar-refractivity contribution in [3.05, 3.63) is 59.2 Å². The summed E-state index contributed by atoms with van der Waals surface area (Å²) in [5.74, 6) is 0.323. The number of anilines is 2. The molecule has 8 heteroatoms. The number of aromatic nitrogens is 1. The van der Waals surface area contributed by atoms with Gasteiger partial charge in [0.25, 0.3) is 0 Å². The number of hydrogen-bond donors (Lipinski definition) is 2. The quantitative estimate of drug-likeness (QED) is 0.411. The predicted octanol–water partition coefficient (Wildman–Crippen LogP) is 6.44. The SMILES string of the molecule is CCN(CC)Cc1cc(Nc2ccnc3cc(Cl)ccc23)ccc1O.Cl.Cl.Cl. The number of halogens is 4. The van der Waals surface area contributed by atoms with Gasteiger partial charge in [-0.3, -0.25) is 9.88 Å². The summed E-state index contributed by atoms with van der Waals surface area (Å²) in [5, 5.41) is 15.3. The van der Waals surface area contributed by atoms with Crippen LogP contribution in [-0.2, 0) is 6.54 Å². The Labute approximate surface area is 189 Å². The number of pyridine rings is 1. The lowest BCUT2D eigenvalue weighted by atomic mass is 10.1. The third-order valence-electron chi connectivity index (χ3n) is 4.35. The fourth-order valence-corrected chi connectivity index (χ4v) is 3.03. The summed E-state index contributed by atoms with van der Waals surface area (Å²) < 4.78 is 0. The molecule has 0 atom stereocenters. The summed E-state index contributed by atoms with van der Waals surface area (Å²) in [6.45, 7) is 6.86. The van der Waals surface area contributed by atoms with Crippen LogP contribution in [0, 0.1) is 0 Å². The van der Waals surface area contributed by atoms with Crippen molar-refractivity contribution < 1.29 is 5.11 Å². The first-order valence-corrected chi connectivity index (χ1v) is 8.84. The highest BCUT2D eigenvalue weighted by molar-refractivity contribution is 6.31. The first-order chi connectivity index (χ1) is 12.1. The normalized spacial score (nSPS) is 10.0. The molecule has 3 aromatic rings. The van der Waals surface area contributed by atoms with Crippen LogP contribution < -0.4 is 5.32 Å². The van der Waals surface area contributed by atoms with E-state index in [2.05, 4.69) is 29.0 Å². The molecule has 0 fully saturated rings. The van der Waals surface area contributed by atoms with Crippen LogP contribution in [0.15, 0.2) is 48.7 Å². The number of phenolic OH excluding ortho intramolecular Hbond substituents is 1. The summed E-state index contributed by atoms with van der Waals surface area (Å²) in [4.78, 5) is 6.63. The molecular weight excluding hydrogens is 440 g/mol. The zero-order valence-electron chi connectivity index (χ0n) is 15.7. The molecule has 0 aliphatic heterocycles. The summed E-state index contributed by atoms with van der Waals surface area (Å²) in [5.41, 5.74) is 3.65. The van der Waals surface area contributed by atoms with E-state index in [-0.39, 0.29) is 37.2 Å². The van der Waals surface area contributed by atoms with Crippen molar-refractivity contribution in [2.75, 3.05) is 18.4 Å². The van der Waals surface area contributed by atoms with Gasteiger partial charge in [-0.15, -0.1) is 37.2 Å². The third-order valence-corrected chi connectivity index (χ3v) is 4.59. The van der Waals surface area contributed by atoms with E-state index >= 15 is 0 Å². The molecule has 0 aliphatic rings. The molecule has 1 aromatic heterocycles. The number of benzene rings is 2. The van der Waals surface area contributed by atoms with Crippen molar-refractivity contribution in [1.29, 1.82) is 0 Å². The largest absolute Gasteiger partial charge is 0.508 e. The van der Waals surface area contributed by atoms with Crippen LogP contribution in [-0.4, -0.2) is 28.1 Å². The molecule has 0 amide bonds. The number of phenols is 1. The zero-order valence-corrected chi connectivity index (χ0v) is 18.9. The summed E-state index contributed by atoms with van der Waals surface area (Å²) in [7, 11) is 0. The maximum atomic E-state index is 10.2. The molecule has 0 radical (unpaired) electrons. The Hall–Kier alpha value is -1.43. The molecule has 2 N–H and O–H groups in total. The van der Waals surface area contributed by atoms with E-state index in [0.29, 0.717) is 10.8 Å². The molecular formula is C20H25Cl4N3O. The van der Waals surface area contributed by atoms with Crippen LogP contribution >= 0.6 is 48.8 Å². The van der Waals surface area contributed by atoms with Crippen molar-refractivity contribution in [2.45, 2.75) is 20.4 Å². The van der Waals surface area contributed by atoms with E-state index in [1.54, 1.807) is 12.3 Å². The van der Waals surface area contributed by atoms with Gasteiger partial charge in [0.1, 0.15) is 5.75 Å². The minimum Gasteiger partial charge on any atom is -0.508 e. The fraction of sp³-hybridized carbons (Fsp3) is 0.250. The van der Waals surface area contributed by atoms with Gasteiger partial charge in [0.15, 0.2) is 0 Å². The van der Waals surface area contributed by atoms with Crippen LogP contribution in [0.2, 0.25) is 5.02 Å². The molecule has 0 spiro atoms. The molecule has 0 saturated heterocycles. The molecule has 0 aliphatic carbocycles. The van der Waals surface area contributed by atoms with Gasteiger partial charge in [0, 0.05) is 40.1 Å². The maximum absolute atomic E-state index is 10.2. The highest BCUT2D eigenvalue weighted by Crippen LogP contribution is 2.29. The molecule has 1 heterocycles. The molecule has 0 saturated carbocycles. The van der Waals surface area contributed by atoms with Crippen molar-refractivity contribution in [3.8, 4) is 5.75 Å². The first kappa shape index (κ1) is 26.6. The second-order valence-electron chi connectivity index (χ2n) is 5.95. The molecule has 0 unspecified atom stereocenters. The molecule has 3 rings (SSSR count). The Morgan fingerprint density at radius 3 is 2.39 bits per heavy atom. The fourth-order valence-electron chi connectivity index (χ4n) is 2.86. The second kappa shape index (κ2) is 12.2. The van der Waals surface area contributed by atoms with Crippen LogP contribution in [0.1, 0.15) is 19.4 Å². The second-order valence-corrected chi connectivity index (χ2v) is 6.39. The lowest BCUT2D eigenvalue weighted by Crippen LogP contribution is -2.22. The van der Waals surface area contributed by atoms with E-state index in [1.165, 1.54) is 0 Å². The van der Waals surface area contributed by atoms with Gasteiger partial charge in [-0.2, -0.15) is 0 Å². The minimum atomic E-state index is 0. The van der Waals surface area contributed by atoms with E-state index in [4.69, 9.17) is 11.6 Å². The summed E-state index contributed by atoms with van der Waals surface area (Å²) >= 11 is 6.05. The summed E-state index contributed by atoms with van der Waals surface area (Å²) in [6.07, 6.45) is 1.76. The first-order valence-electron chi connectivity index (χ1n) is 8.46. The number of nitrogens with one attached hydrogen (secondary N) is 1. The van der Waals surface area contributed by atoms with E-state index < -0.39 is 0 Å². The topological polar surface area (TPSA) is 48.4 Å². The highest BCUT2D eigenvalue weighted by atomic mass is 35.5. The number of hydrogen-bond acceptors (Lipinski definition) is 4. The number of rotatable bonds is 6. The standard InChI is InChI=1S/C20H22ClN3O.3ClH/c1-3-24(4-2)13-14-11-16(6-8-20(14)25)23-18-9-10-22-19-12-15(21)5-7-17(18)19;;;/h5-12,25H,3-4,13H2,1-2H3,(H,22,23);3*1H.